The lowest BCUT2D eigenvalue weighted by molar-refractivity contribution is -0.137. The number of halogens is 4. The minimum atomic E-state index is -4.59. The molecule has 0 fully saturated rings. The van der Waals surface area contributed by atoms with Gasteiger partial charge >= 0.3 is 6.18 Å². The topological polar surface area (TPSA) is 81.9 Å². The summed E-state index contributed by atoms with van der Waals surface area (Å²) in [5, 5.41) is 7.40. The lowest BCUT2D eigenvalue weighted by atomic mass is 10.0. The molecule has 7 nitrogen and oxygen atoms in total. The highest BCUT2D eigenvalue weighted by molar-refractivity contribution is 5.92. The highest BCUT2D eigenvalue weighted by Gasteiger charge is 2.34. The van der Waals surface area contributed by atoms with Crippen LogP contribution in [0.15, 0.2) is 73.3 Å². The summed E-state index contributed by atoms with van der Waals surface area (Å²) < 4.78 is 63.8. The molecular weight excluding hydrogens is 550 g/mol. The van der Waals surface area contributed by atoms with Gasteiger partial charge in [-0.1, -0.05) is 6.07 Å². The Hall–Kier alpha value is -4.80. The van der Waals surface area contributed by atoms with Crippen LogP contribution in [0.4, 0.5) is 23.2 Å². The van der Waals surface area contributed by atoms with Crippen LogP contribution in [-0.4, -0.2) is 25.7 Å². The molecule has 0 aliphatic heterocycles. The molecule has 1 N–H and O–H groups in total. The Kier molecular flexibility index (Phi) is 7.44. The van der Waals surface area contributed by atoms with Crippen LogP contribution < -0.4 is 10.1 Å². The average Bonchev–Trinajstić information content (AvgIpc) is 3.40. The fourth-order valence-electron chi connectivity index (χ4n) is 4.44. The maximum absolute atomic E-state index is 15.1. The number of aromatic nitrogens is 4. The third-order valence-corrected chi connectivity index (χ3v) is 6.56. The van der Waals surface area contributed by atoms with E-state index < -0.39 is 23.5 Å². The van der Waals surface area contributed by atoms with Crippen LogP contribution in [0.3, 0.4) is 0 Å². The van der Waals surface area contributed by atoms with E-state index in [-0.39, 0.29) is 40.3 Å². The van der Waals surface area contributed by atoms with Gasteiger partial charge in [0.1, 0.15) is 17.3 Å². The highest BCUT2D eigenvalue weighted by Crippen LogP contribution is 2.38. The highest BCUT2D eigenvalue weighted by atomic mass is 19.4. The van der Waals surface area contributed by atoms with Crippen molar-refractivity contribution >= 4 is 22.5 Å². The first-order valence-corrected chi connectivity index (χ1v) is 13.0. The van der Waals surface area contributed by atoms with Crippen molar-refractivity contribution in [2.75, 3.05) is 5.32 Å². The first kappa shape index (κ1) is 28.7. The Morgan fingerprint density at radius 3 is 2.50 bits per heavy atom. The number of hydrogen-bond donors (Lipinski definition) is 1. The van der Waals surface area contributed by atoms with Crippen LogP contribution in [0.2, 0.25) is 0 Å². The fraction of sp³-hybridized carbons (Fsp3) is 0.226. The van der Waals surface area contributed by atoms with E-state index in [9.17, 15) is 18.0 Å². The van der Waals surface area contributed by atoms with E-state index in [4.69, 9.17) is 4.74 Å². The molecule has 5 aromatic rings. The van der Waals surface area contributed by atoms with E-state index in [0.717, 1.165) is 6.07 Å². The Labute approximate surface area is 239 Å². The summed E-state index contributed by atoms with van der Waals surface area (Å²) in [5.74, 6) is -0.584. The van der Waals surface area contributed by atoms with Crippen LogP contribution in [0.5, 0.6) is 11.5 Å². The van der Waals surface area contributed by atoms with E-state index in [1.165, 1.54) is 48.9 Å². The second-order valence-corrected chi connectivity index (χ2v) is 10.8. The van der Waals surface area contributed by atoms with Gasteiger partial charge in [-0.3, -0.25) is 19.4 Å². The monoisotopic (exact) mass is 577 g/mol. The van der Waals surface area contributed by atoms with Crippen molar-refractivity contribution in [1.82, 2.24) is 19.7 Å². The molecule has 0 bridgehead atoms. The van der Waals surface area contributed by atoms with Gasteiger partial charge in [0.05, 0.1) is 40.6 Å². The Morgan fingerprint density at radius 2 is 1.79 bits per heavy atom. The molecule has 0 atom stereocenters. The van der Waals surface area contributed by atoms with Crippen molar-refractivity contribution in [2.45, 2.75) is 45.8 Å². The SMILES string of the molecule is Cc1cc(CC(=O)Nc2cnn(C(C)(C)C)c2)c(F)cc1Oc1ccnc2ccc(-c3ncccc3C(F)(F)F)cc12. The van der Waals surface area contributed by atoms with Crippen LogP contribution >= 0.6 is 0 Å². The maximum Gasteiger partial charge on any atom is 0.418 e. The predicted molar refractivity (Wildman–Crippen MR) is 151 cm³/mol. The zero-order chi connectivity index (χ0) is 30.2. The summed E-state index contributed by atoms with van der Waals surface area (Å²) in [7, 11) is 0. The average molecular weight is 578 g/mol. The molecular formula is C31H27F4N5O2. The number of carbonyl (C=O) groups is 1. The summed E-state index contributed by atoms with van der Waals surface area (Å²) in [6, 6.07) is 11.1. The number of pyridine rings is 2. The quantitative estimate of drug-likeness (QED) is 0.209. The smallest absolute Gasteiger partial charge is 0.418 e. The van der Waals surface area contributed by atoms with E-state index in [1.807, 2.05) is 20.8 Å². The molecule has 0 aliphatic carbocycles. The number of aryl methyl sites for hydroxylation is 1. The van der Waals surface area contributed by atoms with E-state index in [2.05, 4.69) is 20.4 Å². The van der Waals surface area contributed by atoms with Crippen LogP contribution in [0, 0.1) is 12.7 Å². The molecule has 0 saturated heterocycles. The van der Waals surface area contributed by atoms with Crippen molar-refractivity contribution in [3.05, 3.63) is 95.8 Å². The number of hydrogen-bond acceptors (Lipinski definition) is 5. The number of ether oxygens (including phenoxy) is 1. The Balaban J connectivity index is 1.40. The molecule has 3 heterocycles. The number of rotatable bonds is 6. The molecule has 0 spiro atoms. The molecule has 2 aromatic carbocycles. The van der Waals surface area contributed by atoms with Gasteiger partial charge in [-0.05, 0) is 75.2 Å². The van der Waals surface area contributed by atoms with Crippen LogP contribution in [0.25, 0.3) is 22.2 Å². The molecule has 42 heavy (non-hydrogen) atoms. The maximum atomic E-state index is 15.1. The zero-order valence-electron chi connectivity index (χ0n) is 23.3. The van der Waals surface area contributed by atoms with Gasteiger partial charge < -0.3 is 10.1 Å². The van der Waals surface area contributed by atoms with Gasteiger partial charge in [0.15, 0.2) is 0 Å². The molecule has 216 valence electrons. The van der Waals surface area contributed by atoms with Crippen LogP contribution in [-0.2, 0) is 22.9 Å². The lowest BCUT2D eigenvalue weighted by Crippen LogP contribution is -2.22. The molecule has 0 unspecified atom stereocenters. The lowest BCUT2D eigenvalue weighted by Gasteiger charge is -2.18. The third kappa shape index (κ3) is 6.09. The van der Waals surface area contributed by atoms with Gasteiger partial charge in [-0.2, -0.15) is 18.3 Å². The molecule has 5 rings (SSSR count). The number of carbonyl (C=O) groups excluding carboxylic acids is 1. The van der Waals surface area contributed by atoms with Gasteiger partial charge in [0.25, 0.3) is 0 Å². The Bertz CT molecular complexity index is 1790. The second kappa shape index (κ2) is 10.9. The Morgan fingerprint density at radius 1 is 1.00 bits per heavy atom. The number of amides is 1. The number of anilines is 1. The van der Waals surface area contributed by atoms with Crippen molar-refractivity contribution in [3.63, 3.8) is 0 Å². The molecule has 0 radical (unpaired) electrons. The van der Waals surface area contributed by atoms with Gasteiger partial charge in [-0.15, -0.1) is 0 Å². The van der Waals surface area contributed by atoms with E-state index in [1.54, 1.807) is 29.9 Å². The fourth-order valence-corrected chi connectivity index (χ4v) is 4.44. The number of fused-ring (bicyclic) bond motifs is 1. The third-order valence-electron chi connectivity index (χ3n) is 6.56. The minimum Gasteiger partial charge on any atom is -0.456 e. The summed E-state index contributed by atoms with van der Waals surface area (Å²) >= 11 is 0. The normalized spacial score (nSPS) is 12.0. The molecule has 1 amide bonds. The number of nitrogens with one attached hydrogen (secondary N) is 1. The van der Waals surface area contributed by atoms with Crippen molar-refractivity contribution in [1.29, 1.82) is 0 Å². The molecule has 0 aliphatic rings. The van der Waals surface area contributed by atoms with Crippen molar-refractivity contribution in [2.24, 2.45) is 0 Å². The molecule has 0 saturated carbocycles. The number of benzene rings is 2. The van der Waals surface area contributed by atoms with Crippen molar-refractivity contribution < 1.29 is 27.1 Å². The minimum absolute atomic E-state index is 0.178. The number of alkyl halides is 3. The summed E-state index contributed by atoms with van der Waals surface area (Å²) in [6.07, 6.45) is 1.23. The first-order chi connectivity index (χ1) is 19.8. The van der Waals surface area contributed by atoms with E-state index in [0.29, 0.717) is 22.2 Å². The largest absolute Gasteiger partial charge is 0.456 e. The predicted octanol–water partition coefficient (Wildman–Crippen LogP) is 7.69. The van der Waals surface area contributed by atoms with Crippen molar-refractivity contribution in [3.8, 4) is 22.8 Å². The first-order valence-electron chi connectivity index (χ1n) is 13.0. The van der Waals surface area contributed by atoms with Crippen LogP contribution in [0.1, 0.15) is 37.5 Å². The van der Waals surface area contributed by atoms with Gasteiger partial charge in [-0.25, -0.2) is 4.39 Å². The zero-order valence-corrected chi connectivity index (χ0v) is 23.3. The number of nitrogens with zero attached hydrogens (tertiary/aromatic N) is 4. The summed E-state index contributed by atoms with van der Waals surface area (Å²) in [4.78, 5) is 20.9. The second-order valence-electron chi connectivity index (χ2n) is 10.8. The van der Waals surface area contributed by atoms with E-state index >= 15 is 4.39 Å². The molecule has 3 aromatic heterocycles. The van der Waals surface area contributed by atoms with Gasteiger partial charge in [0.2, 0.25) is 5.91 Å². The standard InChI is InChI=1S/C31H27F4N5O2/c1-18-12-20(14-28(41)39-21-16-38-40(17-21)30(2,3)4)24(32)15-27(18)42-26-9-11-36-25-8-7-19(13-22(25)26)29-23(31(33,34)35)6-5-10-37-29/h5-13,15-17H,14H2,1-4H3,(H,39,41). The van der Waals surface area contributed by atoms with Gasteiger partial charge in [0, 0.05) is 35.6 Å². The summed E-state index contributed by atoms with van der Waals surface area (Å²) in [6.45, 7) is 7.64. The molecule has 11 heteroatoms. The summed E-state index contributed by atoms with van der Waals surface area (Å²) in [5.41, 5.74) is 0.598.